The van der Waals surface area contributed by atoms with Gasteiger partial charge < -0.3 is 10.1 Å². The first-order chi connectivity index (χ1) is 12.3. The van der Waals surface area contributed by atoms with Crippen LogP contribution in [-0.4, -0.2) is 33.7 Å². The van der Waals surface area contributed by atoms with E-state index in [1.807, 2.05) is 31.2 Å². The molecule has 140 valence electrons. The summed E-state index contributed by atoms with van der Waals surface area (Å²) in [5.74, 6) is 0.272. The molecule has 0 spiro atoms. The van der Waals surface area contributed by atoms with Crippen LogP contribution in [0.2, 0.25) is 0 Å². The number of nitrogens with zero attached hydrogens (tertiary/aromatic N) is 1. The van der Waals surface area contributed by atoms with Gasteiger partial charge in [0.25, 0.3) is 0 Å². The lowest BCUT2D eigenvalue weighted by Gasteiger charge is -2.29. The SMILES string of the molecule is COc1ccccc1[C@H](C)NC(=O)[C@@H](C)N(c1ccccc1)S(C)(=O)=O. The Labute approximate surface area is 154 Å². The van der Waals surface area contributed by atoms with Gasteiger partial charge in [-0.05, 0) is 32.0 Å². The molecule has 0 unspecified atom stereocenters. The van der Waals surface area contributed by atoms with E-state index in [-0.39, 0.29) is 6.04 Å². The van der Waals surface area contributed by atoms with Crippen molar-refractivity contribution in [1.29, 1.82) is 0 Å². The van der Waals surface area contributed by atoms with Gasteiger partial charge in [0.2, 0.25) is 15.9 Å². The zero-order chi connectivity index (χ0) is 19.3. The van der Waals surface area contributed by atoms with Crippen molar-refractivity contribution in [2.75, 3.05) is 17.7 Å². The number of methoxy groups -OCH3 is 1. The molecule has 0 radical (unpaired) electrons. The summed E-state index contributed by atoms with van der Waals surface area (Å²) in [6, 6.07) is 14.7. The molecule has 2 aromatic rings. The van der Waals surface area contributed by atoms with Crippen molar-refractivity contribution in [2.45, 2.75) is 25.9 Å². The monoisotopic (exact) mass is 376 g/mol. The number of para-hydroxylation sites is 2. The van der Waals surface area contributed by atoms with Gasteiger partial charge in [-0.2, -0.15) is 0 Å². The van der Waals surface area contributed by atoms with Gasteiger partial charge in [-0.15, -0.1) is 0 Å². The highest BCUT2D eigenvalue weighted by atomic mass is 32.2. The Kier molecular flexibility index (Phi) is 6.26. The molecule has 2 rings (SSSR count). The molecule has 7 heteroatoms. The molecule has 26 heavy (non-hydrogen) atoms. The van der Waals surface area contributed by atoms with E-state index in [1.54, 1.807) is 44.4 Å². The van der Waals surface area contributed by atoms with Gasteiger partial charge in [0, 0.05) is 5.56 Å². The zero-order valence-corrected chi connectivity index (χ0v) is 16.2. The van der Waals surface area contributed by atoms with E-state index in [9.17, 15) is 13.2 Å². The van der Waals surface area contributed by atoms with Crippen LogP contribution in [0.15, 0.2) is 54.6 Å². The van der Waals surface area contributed by atoms with Crippen molar-refractivity contribution in [3.63, 3.8) is 0 Å². The number of carbonyl (C=O) groups is 1. The van der Waals surface area contributed by atoms with E-state index in [4.69, 9.17) is 4.74 Å². The van der Waals surface area contributed by atoms with Crippen LogP contribution in [0, 0.1) is 0 Å². The Morgan fingerprint density at radius 2 is 1.62 bits per heavy atom. The van der Waals surface area contributed by atoms with Crippen LogP contribution in [0.1, 0.15) is 25.5 Å². The van der Waals surface area contributed by atoms with E-state index in [2.05, 4.69) is 5.32 Å². The Bertz CT molecular complexity index is 853. The molecule has 0 bridgehead atoms. The molecule has 0 heterocycles. The van der Waals surface area contributed by atoms with Crippen molar-refractivity contribution in [3.8, 4) is 5.75 Å². The third-order valence-corrected chi connectivity index (χ3v) is 5.31. The molecule has 0 aliphatic rings. The highest BCUT2D eigenvalue weighted by Gasteiger charge is 2.30. The van der Waals surface area contributed by atoms with Gasteiger partial charge >= 0.3 is 0 Å². The number of anilines is 1. The van der Waals surface area contributed by atoms with Crippen molar-refractivity contribution < 1.29 is 17.9 Å². The van der Waals surface area contributed by atoms with E-state index >= 15 is 0 Å². The van der Waals surface area contributed by atoms with Crippen LogP contribution in [0.5, 0.6) is 5.75 Å². The van der Waals surface area contributed by atoms with Gasteiger partial charge in [-0.1, -0.05) is 36.4 Å². The number of benzene rings is 2. The highest BCUT2D eigenvalue weighted by Crippen LogP contribution is 2.25. The van der Waals surface area contributed by atoms with Crippen molar-refractivity contribution in [1.82, 2.24) is 5.32 Å². The Morgan fingerprint density at radius 1 is 1.04 bits per heavy atom. The van der Waals surface area contributed by atoms with Crippen LogP contribution in [0.4, 0.5) is 5.69 Å². The lowest BCUT2D eigenvalue weighted by atomic mass is 10.1. The number of nitrogens with one attached hydrogen (secondary N) is 1. The van der Waals surface area contributed by atoms with Gasteiger partial charge in [-0.3, -0.25) is 9.10 Å². The first kappa shape index (κ1) is 19.8. The summed E-state index contributed by atoms with van der Waals surface area (Å²) < 4.78 is 31.0. The van der Waals surface area contributed by atoms with Crippen LogP contribution < -0.4 is 14.4 Å². The molecule has 0 aromatic heterocycles. The second-order valence-corrected chi connectivity index (χ2v) is 7.90. The molecule has 0 saturated carbocycles. The smallest absolute Gasteiger partial charge is 0.244 e. The molecule has 1 N–H and O–H groups in total. The van der Waals surface area contributed by atoms with Gasteiger partial charge in [0.05, 0.1) is 25.1 Å². The number of rotatable bonds is 7. The van der Waals surface area contributed by atoms with Crippen LogP contribution in [-0.2, 0) is 14.8 Å². The topological polar surface area (TPSA) is 75.7 Å². The van der Waals surface area contributed by atoms with Crippen LogP contribution >= 0.6 is 0 Å². The molecular formula is C19H24N2O4S. The van der Waals surface area contributed by atoms with Gasteiger partial charge in [0.15, 0.2) is 0 Å². The van der Waals surface area contributed by atoms with Crippen molar-refractivity contribution in [3.05, 3.63) is 60.2 Å². The number of hydrogen-bond donors (Lipinski definition) is 1. The predicted molar refractivity (Wildman–Crippen MR) is 103 cm³/mol. The predicted octanol–water partition coefficient (Wildman–Crippen LogP) is 2.73. The molecule has 0 aliphatic heterocycles. The van der Waals surface area contributed by atoms with E-state index < -0.39 is 22.0 Å². The quantitative estimate of drug-likeness (QED) is 0.806. The molecule has 6 nitrogen and oxygen atoms in total. The number of carbonyl (C=O) groups excluding carboxylic acids is 1. The summed E-state index contributed by atoms with van der Waals surface area (Å²) in [6.45, 7) is 3.40. The summed E-state index contributed by atoms with van der Waals surface area (Å²) in [5.41, 5.74) is 1.27. The maximum absolute atomic E-state index is 12.7. The minimum absolute atomic E-state index is 0.335. The Hall–Kier alpha value is -2.54. The van der Waals surface area contributed by atoms with Crippen LogP contribution in [0.25, 0.3) is 0 Å². The third kappa shape index (κ3) is 4.54. The minimum Gasteiger partial charge on any atom is -0.496 e. The fraction of sp³-hybridized carbons (Fsp3) is 0.316. The number of amides is 1. The number of sulfonamides is 1. The fourth-order valence-corrected chi connectivity index (χ4v) is 3.99. The Morgan fingerprint density at radius 3 is 2.19 bits per heavy atom. The maximum Gasteiger partial charge on any atom is 0.244 e. The molecule has 2 atom stereocenters. The summed E-state index contributed by atoms with van der Waals surface area (Å²) in [5, 5.41) is 2.87. The summed E-state index contributed by atoms with van der Waals surface area (Å²) in [7, 11) is -2.06. The van der Waals surface area contributed by atoms with Crippen LogP contribution in [0.3, 0.4) is 0 Å². The minimum atomic E-state index is -3.63. The molecule has 0 aliphatic carbocycles. The first-order valence-corrected chi connectivity index (χ1v) is 10.1. The number of hydrogen-bond acceptors (Lipinski definition) is 4. The lowest BCUT2D eigenvalue weighted by Crippen LogP contribution is -2.48. The standard InChI is InChI=1S/C19H24N2O4S/c1-14(17-12-8-9-13-18(17)25-3)20-19(22)15(2)21(26(4,23)24)16-10-6-5-7-11-16/h5-15H,1-4H3,(H,20,22)/t14-,15+/m0/s1. The summed E-state index contributed by atoms with van der Waals surface area (Å²) >= 11 is 0. The largest absolute Gasteiger partial charge is 0.496 e. The van der Waals surface area contributed by atoms with Crippen molar-refractivity contribution >= 4 is 21.6 Å². The maximum atomic E-state index is 12.7. The van der Waals surface area contributed by atoms with Gasteiger partial charge in [-0.25, -0.2) is 8.42 Å². The molecule has 0 saturated heterocycles. The molecular weight excluding hydrogens is 352 g/mol. The summed E-state index contributed by atoms with van der Waals surface area (Å²) in [4.78, 5) is 12.7. The lowest BCUT2D eigenvalue weighted by molar-refractivity contribution is -0.122. The first-order valence-electron chi connectivity index (χ1n) is 8.23. The summed E-state index contributed by atoms with van der Waals surface area (Å²) in [6.07, 6.45) is 1.09. The van der Waals surface area contributed by atoms with E-state index in [1.165, 1.54) is 0 Å². The Balaban J connectivity index is 2.24. The normalized spacial score (nSPS) is 13.5. The second kappa shape index (κ2) is 8.23. The zero-order valence-electron chi connectivity index (χ0n) is 15.3. The van der Waals surface area contributed by atoms with E-state index in [0.29, 0.717) is 11.4 Å². The van der Waals surface area contributed by atoms with Crippen molar-refractivity contribution in [2.24, 2.45) is 0 Å². The molecule has 0 fully saturated rings. The average molecular weight is 376 g/mol. The number of ether oxygens (including phenoxy) is 1. The molecule has 2 aromatic carbocycles. The second-order valence-electron chi connectivity index (χ2n) is 6.04. The fourth-order valence-electron chi connectivity index (χ4n) is 2.82. The molecule has 1 amide bonds. The highest BCUT2D eigenvalue weighted by molar-refractivity contribution is 7.92. The third-order valence-electron chi connectivity index (χ3n) is 4.06. The van der Waals surface area contributed by atoms with Gasteiger partial charge in [0.1, 0.15) is 11.8 Å². The average Bonchev–Trinajstić information content (AvgIpc) is 2.61. The van der Waals surface area contributed by atoms with E-state index in [0.717, 1.165) is 16.1 Å².